The fraction of sp³-hybridized carbons (Fsp3) is 0.414. The number of carbonyl (C=O) groups excluding carboxylic acids is 3. The van der Waals surface area contributed by atoms with Gasteiger partial charge in [0.2, 0.25) is 17.7 Å². The van der Waals surface area contributed by atoms with Gasteiger partial charge in [0.15, 0.2) is 0 Å². The molecule has 40 heavy (non-hydrogen) atoms. The first-order chi connectivity index (χ1) is 19.2. The summed E-state index contributed by atoms with van der Waals surface area (Å²) in [7, 11) is 1.59. The predicted octanol–water partition coefficient (Wildman–Crippen LogP) is 3.31. The molecule has 3 amide bonds. The van der Waals surface area contributed by atoms with Crippen molar-refractivity contribution in [3.8, 4) is 11.4 Å². The van der Waals surface area contributed by atoms with Crippen LogP contribution in [0.3, 0.4) is 0 Å². The van der Waals surface area contributed by atoms with Crippen LogP contribution in [0.4, 0.5) is 0 Å². The first kappa shape index (κ1) is 29.1. The minimum Gasteiger partial charge on any atom is -0.497 e. The number of hydrogen-bond donors (Lipinski definition) is 2. The highest BCUT2D eigenvalue weighted by atomic mass is 35.5. The average molecular weight is 567 g/mol. The maximum atomic E-state index is 13.7. The maximum absolute atomic E-state index is 13.7. The number of hydrogen-bond acceptors (Lipinski definition) is 6. The third-order valence-corrected chi connectivity index (χ3v) is 7.10. The van der Waals surface area contributed by atoms with Crippen molar-refractivity contribution in [1.82, 2.24) is 30.3 Å². The SMILES string of the molecule is COc1ccc(CC(=O)N[C@@H](CC(C)C)C(=O)N2CCC[C@H]2C(=O)NCc2cc(Cl)ccc2-n2cncn2)cc1. The number of halogens is 1. The van der Waals surface area contributed by atoms with E-state index in [9.17, 15) is 14.4 Å². The van der Waals surface area contributed by atoms with E-state index in [0.29, 0.717) is 36.6 Å². The summed E-state index contributed by atoms with van der Waals surface area (Å²) in [5, 5.41) is 10.6. The molecule has 0 saturated carbocycles. The van der Waals surface area contributed by atoms with Crippen LogP contribution in [0, 0.1) is 5.92 Å². The minimum atomic E-state index is -0.717. The van der Waals surface area contributed by atoms with Gasteiger partial charge < -0.3 is 20.3 Å². The first-order valence-corrected chi connectivity index (χ1v) is 13.8. The fourth-order valence-electron chi connectivity index (χ4n) is 4.92. The van der Waals surface area contributed by atoms with E-state index in [1.807, 2.05) is 32.0 Å². The molecule has 0 radical (unpaired) electrons. The van der Waals surface area contributed by atoms with Crippen LogP contribution in [0.15, 0.2) is 55.1 Å². The number of amides is 3. The summed E-state index contributed by atoms with van der Waals surface area (Å²) in [6, 6.07) is 11.2. The smallest absolute Gasteiger partial charge is 0.245 e. The Morgan fingerprint density at radius 1 is 1.15 bits per heavy atom. The van der Waals surface area contributed by atoms with Crippen molar-refractivity contribution in [2.75, 3.05) is 13.7 Å². The van der Waals surface area contributed by atoms with Gasteiger partial charge in [-0.15, -0.1) is 0 Å². The Balaban J connectivity index is 1.41. The molecule has 10 nitrogen and oxygen atoms in total. The zero-order valence-corrected chi connectivity index (χ0v) is 23.7. The minimum absolute atomic E-state index is 0.142. The molecule has 2 aromatic carbocycles. The standard InChI is InChI=1S/C29H35ClN6O4/c1-19(2)13-24(34-27(37)14-20-6-9-23(40-3)10-7-20)29(39)35-12-4-5-26(35)28(38)32-16-21-15-22(30)8-11-25(21)36-18-31-17-33-36/h6-11,15,17-19,24,26H,4-5,12-14,16H2,1-3H3,(H,32,38)(H,34,37)/t24-,26-/m0/s1. The molecule has 1 saturated heterocycles. The van der Waals surface area contributed by atoms with Crippen LogP contribution in [-0.4, -0.2) is 63.1 Å². The Kier molecular flexibility index (Phi) is 9.76. The second-order valence-corrected chi connectivity index (χ2v) is 10.7. The Labute approximate surface area is 239 Å². The van der Waals surface area contributed by atoms with Gasteiger partial charge in [-0.2, -0.15) is 5.10 Å². The van der Waals surface area contributed by atoms with Crippen LogP contribution >= 0.6 is 11.6 Å². The average Bonchev–Trinajstić information content (AvgIpc) is 3.64. The maximum Gasteiger partial charge on any atom is 0.245 e. The lowest BCUT2D eigenvalue weighted by Crippen LogP contribution is -2.54. The lowest BCUT2D eigenvalue weighted by Gasteiger charge is -2.29. The van der Waals surface area contributed by atoms with E-state index in [4.69, 9.17) is 16.3 Å². The summed E-state index contributed by atoms with van der Waals surface area (Å²) >= 11 is 6.22. The number of ether oxygens (including phenoxy) is 1. The summed E-state index contributed by atoms with van der Waals surface area (Å²) < 4.78 is 6.78. The molecule has 212 valence electrons. The molecule has 0 aliphatic carbocycles. The van der Waals surface area contributed by atoms with Crippen molar-refractivity contribution in [2.24, 2.45) is 5.92 Å². The van der Waals surface area contributed by atoms with Crippen LogP contribution in [0.5, 0.6) is 5.75 Å². The molecule has 4 rings (SSSR count). The van der Waals surface area contributed by atoms with E-state index in [-0.39, 0.29) is 36.6 Å². The van der Waals surface area contributed by atoms with E-state index in [0.717, 1.165) is 16.8 Å². The van der Waals surface area contributed by atoms with Gasteiger partial charge in [0.25, 0.3) is 0 Å². The highest BCUT2D eigenvalue weighted by molar-refractivity contribution is 6.30. The van der Waals surface area contributed by atoms with E-state index >= 15 is 0 Å². The number of aromatic nitrogens is 3. The topological polar surface area (TPSA) is 118 Å². The number of carbonyl (C=O) groups is 3. The van der Waals surface area contributed by atoms with Gasteiger partial charge >= 0.3 is 0 Å². The van der Waals surface area contributed by atoms with E-state index in [1.54, 1.807) is 47.3 Å². The highest BCUT2D eigenvalue weighted by Gasteiger charge is 2.37. The number of likely N-dealkylation sites (tertiary alicyclic amines) is 1. The molecule has 2 heterocycles. The number of benzene rings is 2. The van der Waals surface area contributed by atoms with Gasteiger partial charge in [-0.25, -0.2) is 9.67 Å². The quantitative estimate of drug-likeness (QED) is 0.368. The summed E-state index contributed by atoms with van der Waals surface area (Å²) in [6.07, 6.45) is 4.88. The van der Waals surface area contributed by atoms with Gasteiger partial charge in [0.05, 0.1) is 19.2 Å². The van der Waals surface area contributed by atoms with Crippen LogP contribution in [0.1, 0.15) is 44.2 Å². The van der Waals surface area contributed by atoms with Crippen LogP contribution in [-0.2, 0) is 27.3 Å². The van der Waals surface area contributed by atoms with Crippen LogP contribution < -0.4 is 15.4 Å². The Morgan fingerprint density at radius 2 is 1.93 bits per heavy atom. The third-order valence-electron chi connectivity index (χ3n) is 6.86. The largest absolute Gasteiger partial charge is 0.497 e. The predicted molar refractivity (Wildman–Crippen MR) is 151 cm³/mol. The molecule has 2 atom stereocenters. The summed E-state index contributed by atoms with van der Waals surface area (Å²) in [4.78, 5) is 45.5. The lowest BCUT2D eigenvalue weighted by molar-refractivity contribution is -0.141. The van der Waals surface area contributed by atoms with Gasteiger partial charge in [-0.05, 0) is 66.6 Å². The number of methoxy groups -OCH3 is 1. The summed E-state index contributed by atoms with van der Waals surface area (Å²) in [5.74, 6) is 0.151. The normalized spacial score (nSPS) is 15.6. The van der Waals surface area contributed by atoms with Crippen molar-refractivity contribution in [3.63, 3.8) is 0 Å². The monoisotopic (exact) mass is 566 g/mol. The highest BCUT2D eigenvalue weighted by Crippen LogP contribution is 2.22. The molecular weight excluding hydrogens is 532 g/mol. The molecule has 0 spiro atoms. The second-order valence-electron chi connectivity index (χ2n) is 10.3. The van der Waals surface area contributed by atoms with E-state index < -0.39 is 12.1 Å². The Morgan fingerprint density at radius 3 is 2.60 bits per heavy atom. The first-order valence-electron chi connectivity index (χ1n) is 13.4. The number of nitrogens with zero attached hydrogens (tertiary/aromatic N) is 4. The Bertz CT molecular complexity index is 1310. The fourth-order valence-corrected chi connectivity index (χ4v) is 5.12. The molecular formula is C29H35ClN6O4. The number of nitrogens with one attached hydrogen (secondary N) is 2. The van der Waals surface area contributed by atoms with Crippen molar-refractivity contribution in [3.05, 3.63) is 71.3 Å². The van der Waals surface area contributed by atoms with Crippen LogP contribution in [0.2, 0.25) is 5.02 Å². The lowest BCUT2D eigenvalue weighted by atomic mass is 10.0. The molecule has 0 unspecified atom stereocenters. The molecule has 2 N–H and O–H groups in total. The molecule has 3 aromatic rings. The molecule has 1 aliphatic rings. The van der Waals surface area contributed by atoms with Crippen molar-refractivity contribution < 1.29 is 19.1 Å². The molecule has 11 heteroatoms. The van der Waals surface area contributed by atoms with Gasteiger partial charge in [-0.1, -0.05) is 37.6 Å². The van der Waals surface area contributed by atoms with E-state index in [1.165, 1.54) is 6.33 Å². The van der Waals surface area contributed by atoms with Crippen LogP contribution in [0.25, 0.3) is 5.69 Å². The van der Waals surface area contributed by atoms with Gasteiger partial charge in [0.1, 0.15) is 30.5 Å². The molecule has 0 bridgehead atoms. The van der Waals surface area contributed by atoms with Crippen molar-refractivity contribution in [1.29, 1.82) is 0 Å². The van der Waals surface area contributed by atoms with E-state index in [2.05, 4.69) is 20.7 Å². The van der Waals surface area contributed by atoms with Gasteiger partial charge in [0, 0.05) is 18.1 Å². The Hall–Kier alpha value is -3.92. The summed E-state index contributed by atoms with van der Waals surface area (Å²) in [6.45, 7) is 4.67. The molecule has 1 aromatic heterocycles. The van der Waals surface area contributed by atoms with Gasteiger partial charge in [-0.3, -0.25) is 14.4 Å². The summed E-state index contributed by atoms with van der Waals surface area (Å²) in [5.41, 5.74) is 2.34. The number of rotatable bonds is 11. The zero-order valence-electron chi connectivity index (χ0n) is 23.0. The van der Waals surface area contributed by atoms with Crippen molar-refractivity contribution >= 4 is 29.3 Å². The zero-order chi connectivity index (χ0) is 28.6. The third kappa shape index (κ3) is 7.38. The second kappa shape index (κ2) is 13.4. The van der Waals surface area contributed by atoms with Crippen molar-refractivity contribution in [2.45, 2.75) is 58.2 Å². The molecule has 1 fully saturated rings. The molecule has 1 aliphatic heterocycles.